The van der Waals surface area contributed by atoms with Gasteiger partial charge in [-0.25, -0.2) is 0 Å². The Balaban J connectivity index is 1.97. The Bertz CT molecular complexity index is 762. The number of likely N-dealkylation sites (N-methyl/N-ethyl adjacent to an activating group) is 1. The molecule has 6 heteroatoms. The molecule has 138 valence electrons. The average Bonchev–Trinajstić information content (AvgIpc) is 2.70. The summed E-state index contributed by atoms with van der Waals surface area (Å²) in [5.41, 5.74) is 1.43. The molecule has 2 rings (SSSR count). The van der Waals surface area contributed by atoms with Crippen LogP contribution in [-0.2, 0) is 4.79 Å². The molecule has 0 aliphatic rings. The van der Waals surface area contributed by atoms with E-state index in [1.54, 1.807) is 30.1 Å². The number of hydrogen-bond acceptors (Lipinski definition) is 4. The third-order valence-corrected chi connectivity index (χ3v) is 4.30. The summed E-state index contributed by atoms with van der Waals surface area (Å²) in [5.74, 6) is 0.480. The van der Waals surface area contributed by atoms with Crippen molar-refractivity contribution in [3.63, 3.8) is 0 Å². The molecule has 0 unspecified atom stereocenters. The van der Waals surface area contributed by atoms with E-state index in [1.807, 2.05) is 37.3 Å². The van der Waals surface area contributed by atoms with E-state index < -0.39 is 0 Å². The quantitative estimate of drug-likeness (QED) is 0.828. The van der Waals surface area contributed by atoms with Crippen LogP contribution in [0.25, 0.3) is 0 Å². The highest BCUT2D eigenvalue weighted by Gasteiger charge is 2.18. The van der Waals surface area contributed by atoms with Crippen molar-refractivity contribution in [2.75, 3.05) is 27.8 Å². The number of ether oxygens (including phenoxy) is 2. The van der Waals surface area contributed by atoms with Crippen molar-refractivity contribution in [3.05, 3.63) is 59.7 Å². The number of carbonyl (C=O) groups is 2. The van der Waals surface area contributed by atoms with E-state index in [0.717, 1.165) is 5.56 Å². The number of rotatable bonds is 7. The lowest BCUT2D eigenvalue weighted by Gasteiger charge is -2.25. The molecule has 2 amide bonds. The molecule has 0 bridgehead atoms. The Morgan fingerprint density at radius 1 is 1.04 bits per heavy atom. The van der Waals surface area contributed by atoms with E-state index in [1.165, 1.54) is 14.2 Å². The predicted octanol–water partition coefficient (Wildman–Crippen LogP) is 2.65. The van der Waals surface area contributed by atoms with E-state index >= 15 is 0 Å². The summed E-state index contributed by atoms with van der Waals surface area (Å²) in [6.45, 7) is 1.87. The van der Waals surface area contributed by atoms with Gasteiger partial charge in [0.2, 0.25) is 5.91 Å². The van der Waals surface area contributed by atoms with E-state index in [9.17, 15) is 9.59 Å². The summed E-state index contributed by atoms with van der Waals surface area (Å²) < 4.78 is 10.3. The zero-order valence-electron chi connectivity index (χ0n) is 15.5. The smallest absolute Gasteiger partial charge is 0.251 e. The Kier molecular flexibility index (Phi) is 6.60. The van der Waals surface area contributed by atoms with Gasteiger partial charge in [0.1, 0.15) is 0 Å². The minimum Gasteiger partial charge on any atom is -0.493 e. The number of hydrogen-bond donors (Lipinski definition) is 1. The number of nitrogens with one attached hydrogen (secondary N) is 1. The second-order valence-electron chi connectivity index (χ2n) is 5.84. The standard InChI is InChI=1S/C20H24N2O4/c1-14(15-8-6-5-7-9-15)22(2)19(23)13-21-20(24)16-10-11-17(25-3)18(12-16)26-4/h5-12,14H,13H2,1-4H3,(H,21,24)/t14-/m1/s1. The van der Waals surface area contributed by atoms with Crippen LogP contribution in [0.5, 0.6) is 11.5 Å². The van der Waals surface area contributed by atoms with Crippen LogP contribution in [0.4, 0.5) is 0 Å². The molecule has 0 aliphatic heterocycles. The number of nitrogens with zero attached hydrogens (tertiary/aromatic N) is 1. The van der Waals surface area contributed by atoms with Crippen LogP contribution in [-0.4, -0.2) is 44.5 Å². The summed E-state index contributed by atoms with van der Waals surface area (Å²) in [6, 6.07) is 14.5. The molecule has 26 heavy (non-hydrogen) atoms. The van der Waals surface area contributed by atoms with Crippen LogP contribution in [0.3, 0.4) is 0 Å². The normalized spacial score (nSPS) is 11.4. The van der Waals surface area contributed by atoms with E-state index in [4.69, 9.17) is 9.47 Å². The maximum Gasteiger partial charge on any atom is 0.251 e. The number of benzene rings is 2. The van der Waals surface area contributed by atoms with Gasteiger partial charge >= 0.3 is 0 Å². The molecule has 1 N–H and O–H groups in total. The zero-order chi connectivity index (χ0) is 19.1. The van der Waals surface area contributed by atoms with Crippen molar-refractivity contribution in [1.82, 2.24) is 10.2 Å². The van der Waals surface area contributed by atoms with Crippen molar-refractivity contribution in [1.29, 1.82) is 0 Å². The molecule has 0 radical (unpaired) electrons. The van der Waals surface area contributed by atoms with E-state index in [-0.39, 0.29) is 24.4 Å². The van der Waals surface area contributed by atoms with Crippen molar-refractivity contribution in [3.8, 4) is 11.5 Å². The van der Waals surface area contributed by atoms with Gasteiger partial charge in [-0.3, -0.25) is 9.59 Å². The van der Waals surface area contributed by atoms with Gasteiger partial charge in [-0.05, 0) is 30.7 Å². The first-order chi connectivity index (χ1) is 12.5. The lowest BCUT2D eigenvalue weighted by molar-refractivity contribution is -0.130. The van der Waals surface area contributed by atoms with Crippen LogP contribution in [0.2, 0.25) is 0 Å². The first-order valence-corrected chi connectivity index (χ1v) is 8.28. The summed E-state index contributed by atoms with van der Waals surface area (Å²) in [5, 5.41) is 2.65. The zero-order valence-corrected chi connectivity index (χ0v) is 15.5. The van der Waals surface area contributed by atoms with Crippen LogP contribution in [0.15, 0.2) is 48.5 Å². The monoisotopic (exact) mass is 356 g/mol. The molecular formula is C20H24N2O4. The molecule has 6 nitrogen and oxygen atoms in total. The largest absolute Gasteiger partial charge is 0.493 e. The summed E-state index contributed by atoms with van der Waals surface area (Å²) in [4.78, 5) is 26.3. The number of amides is 2. The minimum absolute atomic E-state index is 0.0818. The highest BCUT2D eigenvalue weighted by Crippen LogP contribution is 2.27. The summed E-state index contributed by atoms with van der Waals surface area (Å²) in [6.07, 6.45) is 0. The van der Waals surface area contributed by atoms with Crippen LogP contribution < -0.4 is 14.8 Å². The van der Waals surface area contributed by atoms with Gasteiger partial charge in [-0.2, -0.15) is 0 Å². The molecule has 0 saturated heterocycles. The third kappa shape index (κ3) is 4.53. The van der Waals surface area contributed by atoms with E-state index in [2.05, 4.69) is 5.32 Å². The fourth-order valence-corrected chi connectivity index (χ4v) is 2.53. The van der Waals surface area contributed by atoms with Gasteiger partial charge in [0.25, 0.3) is 5.91 Å². The lowest BCUT2D eigenvalue weighted by Crippen LogP contribution is -2.39. The Morgan fingerprint density at radius 2 is 1.69 bits per heavy atom. The SMILES string of the molecule is COc1ccc(C(=O)NCC(=O)N(C)[C@H](C)c2ccccc2)cc1OC. The molecule has 0 fully saturated rings. The molecule has 0 heterocycles. The molecule has 0 saturated carbocycles. The Labute approximate surface area is 153 Å². The third-order valence-electron chi connectivity index (χ3n) is 4.30. The van der Waals surface area contributed by atoms with Gasteiger partial charge in [0.15, 0.2) is 11.5 Å². The fraction of sp³-hybridized carbons (Fsp3) is 0.300. The molecule has 0 aromatic heterocycles. The van der Waals surface area contributed by atoms with Gasteiger partial charge in [-0.1, -0.05) is 30.3 Å². The molecule has 0 aliphatic carbocycles. The average molecular weight is 356 g/mol. The number of carbonyl (C=O) groups excluding carboxylic acids is 2. The molecule has 2 aromatic rings. The van der Waals surface area contributed by atoms with Gasteiger partial charge < -0.3 is 19.7 Å². The van der Waals surface area contributed by atoms with Crippen molar-refractivity contribution < 1.29 is 19.1 Å². The maximum absolute atomic E-state index is 12.4. The van der Waals surface area contributed by atoms with E-state index in [0.29, 0.717) is 17.1 Å². The Hall–Kier alpha value is -3.02. The fourth-order valence-electron chi connectivity index (χ4n) is 2.53. The maximum atomic E-state index is 12.4. The predicted molar refractivity (Wildman–Crippen MR) is 99.5 cm³/mol. The second-order valence-corrected chi connectivity index (χ2v) is 5.84. The van der Waals surface area contributed by atoms with Crippen LogP contribution in [0.1, 0.15) is 28.9 Å². The van der Waals surface area contributed by atoms with Gasteiger partial charge in [0, 0.05) is 12.6 Å². The van der Waals surface area contributed by atoms with Crippen molar-refractivity contribution in [2.45, 2.75) is 13.0 Å². The van der Waals surface area contributed by atoms with Crippen LogP contribution in [0, 0.1) is 0 Å². The minimum atomic E-state index is -0.347. The second kappa shape index (κ2) is 8.89. The first kappa shape index (κ1) is 19.3. The van der Waals surface area contributed by atoms with Gasteiger partial charge in [-0.15, -0.1) is 0 Å². The topological polar surface area (TPSA) is 67.9 Å². The molecule has 2 aromatic carbocycles. The van der Waals surface area contributed by atoms with Gasteiger partial charge in [0.05, 0.1) is 26.8 Å². The highest BCUT2D eigenvalue weighted by atomic mass is 16.5. The first-order valence-electron chi connectivity index (χ1n) is 8.28. The summed E-state index contributed by atoms with van der Waals surface area (Å²) in [7, 11) is 4.76. The number of methoxy groups -OCH3 is 2. The van der Waals surface area contributed by atoms with Crippen LogP contribution >= 0.6 is 0 Å². The Morgan fingerprint density at radius 3 is 2.31 bits per heavy atom. The summed E-state index contributed by atoms with van der Waals surface area (Å²) >= 11 is 0. The molecule has 0 spiro atoms. The highest BCUT2D eigenvalue weighted by molar-refractivity contribution is 5.97. The lowest BCUT2D eigenvalue weighted by atomic mass is 10.1. The van der Waals surface area contributed by atoms with Crippen molar-refractivity contribution in [2.24, 2.45) is 0 Å². The molecular weight excluding hydrogens is 332 g/mol. The van der Waals surface area contributed by atoms with Crippen molar-refractivity contribution >= 4 is 11.8 Å². The molecule has 1 atom stereocenters.